The van der Waals surface area contributed by atoms with Crippen LogP contribution in [0.2, 0.25) is 0 Å². The number of primary amides is 1. The van der Waals surface area contributed by atoms with Crippen LogP contribution in [0.4, 0.5) is 4.79 Å². The zero-order valence-electron chi connectivity index (χ0n) is 20.1. The van der Waals surface area contributed by atoms with E-state index in [-0.39, 0.29) is 18.4 Å². The van der Waals surface area contributed by atoms with E-state index in [9.17, 15) is 24.0 Å². The number of unbranched alkanes of at least 4 members (excludes halogenated alkanes) is 1. The lowest BCUT2D eigenvalue weighted by Crippen LogP contribution is -2.58. The van der Waals surface area contributed by atoms with E-state index < -0.39 is 41.8 Å². The largest absolute Gasteiger partial charge is 0.352 e. The van der Waals surface area contributed by atoms with Crippen molar-refractivity contribution in [1.82, 2.24) is 20.9 Å². The van der Waals surface area contributed by atoms with Crippen molar-refractivity contribution >= 4 is 29.5 Å². The number of ketones is 1. The third-order valence-corrected chi connectivity index (χ3v) is 6.63. The van der Waals surface area contributed by atoms with E-state index in [0.717, 1.165) is 38.5 Å². The van der Waals surface area contributed by atoms with Crippen LogP contribution < -0.4 is 21.7 Å². The topological polar surface area (TPSA) is 151 Å². The van der Waals surface area contributed by atoms with E-state index in [2.05, 4.69) is 22.5 Å². The lowest BCUT2D eigenvalue weighted by Gasteiger charge is -2.34. The van der Waals surface area contributed by atoms with E-state index in [1.165, 1.54) is 11.0 Å². The molecule has 2 fully saturated rings. The first-order valence-electron chi connectivity index (χ1n) is 12.4. The zero-order chi connectivity index (χ0) is 25.1. The summed E-state index contributed by atoms with van der Waals surface area (Å²) in [5, 5.41) is 7.78. The summed E-state index contributed by atoms with van der Waals surface area (Å²) in [4.78, 5) is 64.6. The van der Waals surface area contributed by atoms with Gasteiger partial charge < -0.3 is 26.6 Å². The molecule has 1 saturated heterocycles. The number of urea groups is 1. The number of nitrogens with two attached hydrogens (primary N) is 1. The SMILES string of the molecule is C=CCNC(=O)C(=O)C(CCCC)NC(=O)[C@@H]1CCCN1C(=O)[C@@H](NC(N)=O)C1CCCCC1. The Hall–Kier alpha value is -2.91. The van der Waals surface area contributed by atoms with Crippen LogP contribution in [-0.4, -0.2) is 65.7 Å². The van der Waals surface area contributed by atoms with Gasteiger partial charge in [0.05, 0.1) is 6.04 Å². The fourth-order valence-corrected chi connectivity index (χ4v) is 4.84. The minimum absolute atomic E-state index is 0.0227. The van der Waals surface area contributed by atoms with Crippen molar-refractivity contribution in [2.75, 3.05) is 13.1 Å². The highest BCUT2D eigenvalue weighted by molar-refractivity contribution is 6.38. The number of hydrogen-bond acceptors (Lipinski definition) is 5. The van der Waals surface area contributed by atoms with Gasteiger partial charge in [-0.05, 0) is 38.0 Å². The Morgan fingerprint density at radius 1 is 1.06 bits per heavy atom. The highest BCUT2D eigenvalue weighted by Gasteiger charge is 2.41. The molecule has 0 spiro atoms. The summed E-state index contributed by atoms with van der Waals surface area (Å²) in [6.45, 7) is 6.00. The molecule has 0 aromatic rings. The summed E-state index contributed by atoms with van der Waals surface area (Å²) in [7, 11) is 0. The Kier molecular flexibility index (Phi) is 11.0. The first kappa shape index (κ1) is 27.3. The Bertz CT molecular complexity index is 765. The Morgan fingerprint density at radius 3 is 2.38 bits per heavy atom. The molecule has 1 aliphatic heterocycles. The van der Waals surface area contributed by atoms with Gasteiger partial charge in [0.25, 0.3) is 5.91 Å². The minimum atomic E-state index is -0.965. The maximum atomic E-state index is 13.4. The molecular formula is C24H39N5O5. The summed E-state index contributed by atoms with van der Waals surface area (Å²) in [6, 6.07) is -3.26. The molecular weight excluding hydrogens is 438 g/mol. The smallest absolute Gasteiger partial charge is 0.312 e. The van der Waals surface area contributed by atoms with E-state index in [1.807, 2.05) is 6.92 Å². The van der Waals surface area contributed by atoms with Gasteiger partial charge in [0.15, 0.2) is 0 Å². The van der Waals surface area contributed by atoms with E-state index >= 15 is 0 Å². The lowest BCUT2D eigenvalue weighted by atomic mass is 9.83. The van der Waals surface area contributed by atoms with Gasteiger partial charge in [-0.25, -0.2) is 4.79 Å². The maximum Gasteiger partial charge on any atom is 0.312 e. The van der Waals surface area contributed by atoms with Crippen LogP contribution in [0.1, 0.15) is 71.1 Å². The molecule has 190 valence electrons. The number of likely N-dealkylation sites (tertiary alicyclic amines) is 1. The molecule has 0 radical (unpaired) electrons. The summed E-state index contributed by atoms with van der Waals surface area (Å²) in [6.07, 6.45) is 9.01. The lowest BCUT2D eigenvalue weighted by molar-refractivity contribution is -0.143. The van der Waals surface area contributed by atoms with Gasteiger partial charge in [-0.2, -0.15) is 0 Å². The number of carbonyl (C=O) groups is 5. The van der Waals surface area contributed by atoms with Crippen molar-refractivity contribution in [3.63, 3.8) is 0 Å². The number of hydrogen-bond donors (Lipinski definition) is 4. The van der Waals surface area contributed by atoms with Crippen molar-refractivity contribution in [1.29, 1.82) is 0 Å². The average Bonchev–Trinajstić information content (AvgIpc) is 3.33. The Morgan fingerprint density at radius 2 is 1.76 bits per heavy atom. The maximum absolute atomic E-state index is 13.4. The molecule has 0 bridgehead atoms. The number of rotatable bonds is 12. The van der Waals surface area contributed by atoms with Gasteiger partial charge in [-0.3, -0.25) is 19.2 Å². The van der Waals surface area contributed by atoms with Gasteiger partial charge in [-0.15, -0.1) is 6.58 Å². The van der Waals surface area contributed by atoms with Crippen LogP contribution in [0.3, 0.4) is 0 Å². The molecule has 5 N–H and O–H groups in total. The molecule has 10 nitrogen and oxygen atoms in total. The second-order valence-electron chi connectivity index (χ2n) is 9.14. The molecule has 1 heterocycles. The van der Waals surface area contributed by atoms with Gasteiger partial charge in [0.1, 0.15) is 12.1 Å². The Labute approximate surface area is 201 Å². The summed E-state index contributed by atoms with van der Waals surface area (Å²) < 4.78 is 0. The number of Topliss-reactive ketones (excluding diaryl/α,β-unsaturated/α-hetero) is 1. The van der Waals surface area contributed by atoms with Gasteiger partial charge >= 0.3 is 6.03 Å². The highest BCUT2D eigenvalue weighted by Crippen LogP contribution is 2.29. The van der Waals surface area contributed by atoms with Crippen molar-refractivity contribution in [3.05, 3.63) is 12.7 Å². The van der Waals surface area contributed by atoms with E-state index in [0.29, 0.717) is 32.2 Å². The summed E-state index contributed by atoms with van der Waals surface area (Å²) >= 11 is 0. The zero-order valence-corrected chi connectivity index (χ0v) is 20.1. The molecule has 0 aromatic heterocycles. The number of amides is 5. The van der Waals surface area contributed by atoms with Crippen LogP contribution in [-0.2, 0) is 19.2 Å². The fourth-order valence-electron chi connectivity index (χ4n) is 4.84. The monoisotopic (exact) mass is 477 g/mol. The van der Waals surface area contributed by atoms with E-state index in [1.54, 1.807) is 0 Å². The molecule has 1 saturated carbocycles. The van der Waals surface area contributed by atoms with Crippen LogP contribution in [0.25, 0.3) is 0 Å². The molecule has 10 heteroatoms. The first-order chi connectivity index (χ1) is 16.3. The average molecular weight is 478 g/mol. The summed E-state index contributed by atoms with van der Waals surface area (Å²) in [5.74, 6) is -2.29. The molecule has 2 aliphatic rings. The first-order valence-corrected chi connectivity index (χ1v) is 12.4. The molecule has 1 unspecified atom stereocenters. The molecule has 0 aromatic carbocycles. The molecule has 2 rings (SSSR count). The quantitative estimate of drug-likeness (QED) is 0.245. The molecule has 3 atom stereocenters. The van der Waals surface area contributed by atoms with Crippen molar-refractivity contribution in [2.45, 2.75) is 89.3 Å². The second kappa shape index (κ2) is 13.7. The number of carbonyl (C=O) groups excluding carboxylic acids is 5. The second-order valence-corrected chi connectivity index (χ2v) is 9.14. The van der Waals surface area contributed by atoms with Crippen molar-refractivity contribution < 1.29 is 24.0 Å². The van der Waals surface area contributed by atoms with Gasteiger partial charge in [0, 0.05) is 13.1 Å². The van der Waals surface area contributed by atoms with Crippen LogP contribution in [0, 0.1) is 5.92 Å². The van der Waals surface area contributed by atoms with Crippen LogP contribution in [0.15, 0.2) is 12.7 Å². The van der Waals surface area contributed by atoms with Gasteiger partial charge in [-0.1, -0.05) is 45.1 Å². The molecule has 34 heavy (non-hydrogen) atoms. The standard InChI is InChI=1S/C24H39N5O5/c1-3-5-12-17(20(30)22(32)26-14-4-2)27-21(31)18-13-9-15-29(18)23(33)19(28-24(25)34)16-10-7-6-8-11-16/h4,16-19H,2-3,5-15H2,1H3,(H,26,32)(H,27,31)(H3,25,28,34)/t17?,18-,19-/m0/s1. The normalized spacial score (nSPS) is 20.1. The third kappa shape index (κ3) is 7.56. The number of nitrogens with one attached hydrogen (secondary N) is 3. The predicted molar refractivity (Wildman–Crippen MR) is 127 cm³/mol. The highest BCUT2D eigenvalue weighted by atomic mass is 16.2. The molecule has 1 aliphatic carbocycles. The van der Waals surface area contributed by atoms with E-state index in [4.69, 9.17) is 5.73 Å². The van der Waals surface area contributed by atoms with Crippen LogP contribution in [0.5, 0.6) is 0 Å². The summed E-state index contributed by atoms with van der Waals surface area (Å²) in [5.41, 5.74) is 5.36. The van der Waals surface area contributed by atoms with Crippen LogP contribution >= 0.6 is 0 Å². The predicted octanol–water partition coefficient (Wildman–Crippen LogP) is 1.14. The van der Waals surface area contributed by atoms with Gasteiger partial charge in [0.2, 0.25) is 17.6 Å². The number of nitrogens with zero attached hydrogens (tertiary/aromatic N) is 1. The van der Waals surface area contributed by atoms with Crippen molar-refractivity contribution in [2.24, 2.45) is 11.7 Å². The minimum Gasteiger partial charge on any atom is -0.352 e. The Balaban J connectivity index is 2.13. The van der Waals surface area contributed by atoms with Crippen molar-refractivity contribution in [3.8, 4) is 0 Å². The fraction of sp³-hybridized carbons (Fsp3) is 0.708. The third-order valence-electron chi connectivity index (χ3n) is 6.63. The molecule has 5 amide bonds.